The average molecular weight is 590 g/mol. The Hall–Kier alpha value is -5.22. The lowest BCUT2D eigenvalue weighted by Crippen LogP contribution is -2.36. The van der Waals surface area contributed by atoms with Crippen molar-refractivity contribution in [1.82, 2.24) is 19.9 Å². The molecule has 2 aromatic heterocycles. The van der Waals surface area contributed by atoms with Gasteiger partial charge in [-0.2, -0.15) is 5.10 Å². The highest BCUT2D eigenvalue weighted by atomic mass is 16.5. The molecule has 5 aromatic rings. The zero-order valence-electron chi connectivity index (χ0n) is 25.0. The van der Waals surface area contributed by atoms with E-state index in [1.807, 2.05) is 93.6 Å². The van der Waals surface area contributed by atoms with Crippen LogP contribution < -0.4 is 20.9 Å². The van der Waals surface area contributed by atoms with Crippen molar-refractivity contribution in [2.45, 2.75) is 26.8 Å². The molecule has 1 saturated heterocycles. The van der Waals surface area contributed by atoms with Gasteiger partial charge >= 0.3 is 0 Å². The fourth-order valence-electron chi connectivity index (χ4n) is 5.41. The van der Waals surface area contributed by atoms with E-state index in [1.54, 1.807) is 10.7 Å². The number of anilines is 4. The lowest BCUT2D eigenvalue weighted by Gasteiger charge is -2.29. The van der Waals surface area contributed by atoms with Crippen LogP contribution in [-0.4, -0.2) is 52.7 Å². The van der Waals surface area contributed by atoms with E-state index in [0.717, 1.165) is 41.2 Å². The van der Waals surface area contributed by atoms with Gasteiger partial charge in [0.05, 0.1) is 24.8 Å². The van der Waals surface area contributed by atoms with Gasteiger partial charge < -0.3 is 25.6 Å². The van der Waals surface area contributed by atoms with Gasteiger partial charge in [-0.1, -0.05) is 42.5 Å². The molecule has 3 N–H and O–H groups in total. The Kier molecular flexibility index (Phi) is 8.25. The van der Waals surface area contributed by atoms with E-state index in [2.05, 4.69) is 30.9 Å². The minimum atomic E-state index is -0.192. The summed E-state index contributed by atoms with van der Waals surface area (Å²) in [7, 11) is 0. The molecular formula is C34H35N7O3. The Morgan fingerprint density at radius 2 is 1.73 bits per heavy atom. The summed E-state index contributed by atoms with van der Waals surface area (Å²) < 4.78 is 7.12. The second-order valence-corrected chi connectivity index (χ2v) is 10.9. The van der Waals surface area contributed by atoms with E-state index in [0.29, 0.717) is 41.4 Å². The predicted molar refractivity (Wildman–Crippen MR) is 172 cm³/mol. The first-order valence-electron chi connectivity index (χ1n) is 14.7. The molecule has 0 spiro atoms. The van der Waals surface area contributed by atoms with Gasteiger partial charge in [-0.15, -0.1) is 0 Å². The van der Waals surface area contributed by atoms with Crippen molar-refractivity contribution in [3.63, 3.8) is 0 Å². The number of carbonyl (C=O) groups excluding carboxylic acids is 2. The first-order valence-corrected chi connectivity index (χ1v) is 14.7. The highest BCUT2D eigenvalue weighted by Crippen LogP contribution is 2.29. The number of morpholine rings is 1. The van der Waals surface area contributed by atoms with Gasteiger partial charge in [0.15, 0.2) is 5.82 Å². The van der Waals surface area contributed by atoms with Crippen molar-refractivity contribution in [2.24, 2.45) is 0 Å². The van der Waals surface area contributed by atoms with E-state index >= 15 is 0 Å². The Balaban J connectivity index is 1.21. The van der Waals surface area contributed by atoms with Crippen LogP contribution in [0, 0.1) is 13.8 Å². The highest BCUT2D eigenvalue weighted by molar-refractivity contribution is 6.05. The van der Waals surface area contributed by atoms with Crippen molar-refractivity contribution < 1.29 is 14.3 Å². The Bertz CT molecular complexity index is 1810. The van der Waals surface area contributed by atoms with Crippen molar-refractivity contribution in [1.29, 1.82) is 0 Å². The summed E-state index contributed by atoms with van der Waals surface area (Å²) in [5.74, 6) is 0.175. The van der Waals surface area contributed by atoms with Gasteiger partial charge in [0.25, 0.3) is 11.8 Å². The van der Waals surface area contributed by atoms with Crippen molar-refractivity contribution in [2.75, 3.05) is 41.8 Å². The van der Waals surface area contributed by atoms with Crippen molar-refractivity contribution in [3.8, 4) is 0 Å². The normalized spacial score (nSPS) is 13.8. The van der Waals surface area contributed by atoms with Crippen LogP contribution in [0.25, 0.3) is 5.52 Å². The number of hydrogen-bond acceptors (Lipinski definition) is 7. The van der Waals surface area contributed by atoms with Crippen LogP contribution in [0.3, 0.4) is 0 Å². The molecule has 224 valence electrons. The molecule has 1 aliphatic heterocycles. The number of aryl methyl sites for hydroxylation is 2. The van der Waals surface area contributed by atoms with Crippen LogP contribution in [0.1, 0.15) is 50.4 Å². The molecule has 0 saturated carbocycles. The van der Waals surface area contributed by atoms with Gasteiger partial charge in [0.2, 0.25) is 0 Å². The largest absolute Gasteiger partial charge is 0.378 e. The average Bonchev–Trinajstić information content (AvgIpc) is 3.40. The van der Waals surface area contributed by atoms with Gasteiger partial charge in [-0.25, -0.2) is 9.50 Å². The van der Waals surface area contributed by atoms with E-state index in [4.69, 9.17) is 4.74 Å². The number of amides is 2. The zero-order valence-corrected chi connectivity index (χ0v) is 25.0. The maximum absolute atomic E-state index is 13.3. The third-order valence-corrected chi connectivity index (χ3v) is 7.95. The third-order valence-electron chi connectivity index (χ3n) is 7.95. The molecule has 3 heterocycles. The topological polar surface area (TPSA) is 113 Å². The fourth-order valence-corrected chi connectivity index (χ4v) is 5.41. The molecule has 0 radical (unpaired) electrons. The molecule has 10 nitrogen and oxygen atoms in total. The van der Waals surface area contributed by atoms with Crippen LogP contribution in [-0.2, 0) is 4.74 Å². The number of aromatic nitrogens is 3. The molecular weight excluding hydrogens is 554 g/mol. The first kappa shape index (κ1) is 28.9. The standard InChI is InChI=1S/C34H35N7O3/c1-22-12-13-27(38-33(42)26-10-7-11-28(18-26)40-14-16-44-17-15-40)19-30(22)39-32-31-23(2)29(20-41(31)36-21-35-32)34(43)37-24(3)25-8-5-4-6-9-25/h4-13,18-21,24H,14-17H2,1-3H3,(H,37,43)(H,38,42)(H,35,36,39)/t24-/m0/s1. The number of fused-ring (bicyclic) bond motifs is 1. The second-order valence-electron chi connectivity index (χ2n) is 10.9. The number of nitrogens with one attached hydrogen (secondary N) is 3. The lowest BCUT2D eigenvalue weighted by atomic mass is 10.1. The van der Waals surface area contributed by atoms with Crippen LogP contribution >= 0.6 is 0 Å². The summed E-state index contributed by atoms with van der Waals surface area (Å²) in [6.45, 7) is 8.79. The monoisotopic (exact) mass is 589 g/mol. The molecule has 1 atom stereocenters. The molecule has 6 rings (SSSR count). The lowest BCUT2D eigenvalue weighted by molar-refractivity contribution is 0.0938. The van der Waals surface area contributed by atoms with E-state index in [9.17, 15) is 9.59 Å². The molecule has 1 fully saturated rings. The minimum absolute atomic E-state index is 0.155. The summed E-state index contributed by atoms with van der Waals surface area (Å²) in [6, 6.07) is 23.0. The quantitative estimate of drug-likeness (QED) is 0.214. The van der Waals surface area contributed by atoms with E-state index in [-0.39, 0.29) is 17.9 Å². The maximum Gasteiger partial charge on any atom is 0.255 e. The number of rotatable bonds is 8. The highest BCUT2D eigenvalue weighted by Gasteiger charge is 2.20. The summed E-state index contributed by atoms with van der Waals surface area (Å²) >= 11 is 0. The Morgan fingerprint density at radius 1 is 0.932 bits per heavy atom. The molecule has 10 heteroatoms. The Morgan fingerprint density at radius 3 is 2.52 bits per heavy atom. The number of carbonyl (C=O) groups is 2. The summed E-state index contributed by atoms with van der Waals surface area (Å²) in [4.78, 5) is 33.2. The molecule has 44 heavy (non-hydrogen) atoms. The summed E-state index contributed by atoms with van der Waals surface area (Å²) in [5.41, 5.74) is 6.97. The van der Waals surface area contributed by atoms with Gasteiger partial charge in [-0.05, 0) is 67.8 Å². The van der Waals surface area contributed by atoms with Gasteiger partial charge in [0.1, 0.15) is 11.8 Å². The van der Waals surface area contributed by atoms with E-state index in [1.165, 1.54) is 6.33 Å². The van der Waals surface area contributed by atoms with Crippen LogP contribution in [0.4, 0.5) is 22.9 Å². The third kappa shape index (κ3) is 6.11. The van der Waals surface area contributed by atoms with Crippen LogP contribution in [0.15, 0.2) is 85.3 Å². The number of nitrogens with zero attached hydrogens (tertiary/aromatic N) is 4. The maximum atomic E-state index is 13.3. The molecule has 3 aromatic carbocycles. The fraction of sp³-hybridized carbons (Fsp3) is 0.235. The molecule has 0 unspecified atom stereocenters. The predicted octanol–water partition coefficient (Wildman–Crippen LogP) is 5.67. The van der Waals surface area contributed by atoms with Crippen LogP contribution in [0.5, 0.6) is 0 Å². The molecule has 2 amide bonds. The van der Waals surface area contributed by atoms with Gasteiger partial charge in [-0.3, -0.25) is 9.59 Å². The first-order chi connectivity index (χ1) is 21.4. The van der Waals surface area contributed by atoms with E-state index < -0.39 is 0 Å². The zero-order chi connectivity index (χ0) is 30.6. The molecule has 0 bridgehead atoms. The minimum Gasteiger partial charge on any atom is -0.378 e. The molecule has 1 aliphatic rings. The smallest absolute Gasteiger partial charge is 0.255 e. The Labute approximate surface area is 256 Å². The second kappa shape index (κ2) is 12.6. The number of benzene rings is 3. The van der Waals surface area contributed by atoms with Crippen molar-refractivity contribution in [3.05, 3.63) is 113 Å². The summed E-state index contributed by atoms with van der Waals surface area (Å²) in [6.07, 6.45) is 3.17. The van der Waals surface area contributed by atoms with Gasteiger partial charge in [0, 0.05) is 41.9 Å². The SMILES string of the molecule is Cc1ccc(NC(=O)c2cccc(N3CCOCC3)c2)cc1Nc1ncnn2cc(C(=O)N[C@@H](C)c3ccccc3)c(C)c12. The molecule has 0 aliphatic carbocycles. The summed E-state index contributed by atoms with van der Waals surface area (Å²) in [5, 5.41) is 13.9. The number of ether oxygens (including phenoxy) is 1. The van der Waals surface area contributed by atoms with Crippen LogP contribution in [0.2, 0.25) is 0 Å². The number of hydrogen-bond donors (Lipinski definition) is 3. The van der Waals surface area contributed by atoms with Crippen molar-refractivity contribution >= 4 is 40.2 Å².